The summed E-state index contributed by atoms with van der Waals surface area (Å²) in [7, 11) is 0. The highest BCUT2D eigenvalue weighted by atomic mass is 17.2. The summed E-state index contributed by atoms with van der Waals surface area (Å²) in [5, 5.41) is 8.59. The van der Waals surface area contributed by atoms with Crippen LogP contribution in [0, 0.1) is 0 Å². The zero-order chi connectivity index (χ0) is 13.5. The molecule has 0 spiro atoms. The van der Waals surface area contributed by atoms with E-state index in [4.69, 9.17) is 14.9 Å². The number of carbonyl (C=O) groups is 1. The molecule has 17 heavy (non-hydrogen) atoms. The third-order valence-corrected chi connectivity index (χ3v) is 2.52. The van der Waals surface area contributed by atoms with Crippen molar-refractivity contribution in [3.63, 3.8) is 0 Å². The van der Waals surface area contributed by atoms with Crippen LogP contribution in [0.4, 0.5) is 4.79 Å². The molecule has 0 aliphatic heterocycles. The molecular weight excluding hydrogens is 224 g/mol. The van der Waals surface area contributed by atoms with Crippen LogP contribution in [-0.4, -0.2) is 22.7 Å². The Morgan fingerprint density at radius 2 is 1.76 bits per heavy atom. The monoisotopic (exact) mass is 248 g/mol. The molecule has 1 unspecified atom stereocenters. The molecule has 0 saturated carbocycles. The molecule has 0 saturated heterocycles. The fourth-order valence-corrected chi connectivity index (χ4v) is 1.18. The molecule has 0 amide bonds. The molecule has 0 heterocycles. The van der Waals surface area contributed by atoms with Gasteiger partial charge in [-0.2, -0.15) is 4.89 Å². The minimum Gasteiger partial charge on any atom is -0.450 e. The van der Waals surface area contributed by atoms with Gasteiger partial charge < -0.3 is 9.84 Å². The molecule has 0 rings (SSSR count). The molecule has 0 bridgehead atoms. The lowest BCUT2D eigenvalue weighted by Gasteiger charge is -2.31. The standard InChI is InChI=1S/C12H24O5/c1-6-8-9-11(3,4)16-17-12(5,7-2)15-10(13)14/h6-9H2,1-5H3,(H,13,14). The van der Waals surface area contributed by atoms with E-state index in [2.05, 4.69) is 11.7 Å². The number of rotatable bonds is 8. The van der Waals surface area contributed by atoms with Crippen molar-refractivity contribution in [1.82, 2.24) is 0 Å². The van der Waals surface area contributed by atoms with Crippen molar-refractivity contribution < 1.29 is 24.4 Å². The predicted octanol–water partition coefficient (Wildman–Crippen LogP) is 3.72. The van der Waals surface area contributed by atoms with Crippen molar-refractivity contribution in [2.45, 2.75) is 71.7 Å². The van der Waals surface area contributed by atoms with Crippen molar-refractivity contribution in [1.29, 1.82) is 0 Å². The summed E-state index contributed by atoms with van der Waals surface area (Å²) in [6, 6.07) is 0. The van der Waals surface area contributed by atoms with Crippen LogP contribution in [0.15, 0.2) is 0 Å². The van der Waals surface area contributed by atoms with Gasteiger partial charge in [0.25, 0.3) is 0 Å². The summed E-state index contributed by atoms with van der Waals surface area (Å²) in [4.78, 5) is 21.0. The minimum atomic E-state index is -1.37. The normalized spacial score (nSPS) is 15.4. The molecule has 0 fully saturated rings. The second-order valence-electron chi connectivity index (χ2n) is 4.89. The van der Waals surface area contributed by atoms with Crippen molar-refractivity contribution in [2.75, 3.05) is 0 Å². The summed E-state index contributed by atoms with van der Waals surface area (Å²) < 4.78 is 4.66. The van der Waals surface area contributed by atoms with E-state index >= 15 is 0 Å². The first kappa shape index (κ1) is 16.2. The first-order valence-electron chi connectivity index (χ1n) is 6.03. The molecular formula is C12H24O5. The van der Waals surface area contributed by atoms with Crippen LogP contribution in [0.2, 0.25) is 0 Å². The van der Waals surface area contributed by atoms with Crippen LogP contribution in [0.25, 0.3) is 0 Å². The lowest BCUT2D eigenvalue weighted by atomic mass is 10.0. The lowest BCUT2D eigenvalue weighted by molar-refractivity contribution is -0.449. The lowest BCUT2D eigenvalue weighted by Crippen LogP contribution is -2.38. The van der Waals surface area contributed by atoms with E-state index in [0.29, 0.717) is 6.42 Å². The van der Waals surface area contributed by atoms with Gasteiger partial charge >= 0.3 is 6.16 Å². The van der Waals surface area contributed by atoms with Crippen LogP contribution in [0.5, 0.6) is 0 Å². The van der Waals surface area contributed by atoms with Crippen LogP contribution < -0.4 is 0 Å². The second kappa shape index (κ2) is 6.81. The molecule has 1 N–H and O–H groups in total. The molecule has 0 aliphatic rings. The first-order chi connectivity index (χ1) is 7.74. The van der Waals surface area contributed by atoms with E-state index in [-0.39, 0.29) is 0 Å². The summed E-state index contributed by atoms with van der Waals surface area (Å²) >= 11 is 0. The van der Waals surface area contributed by atoms with E-state index in [0.717, 1.165) is 19.3 Å². The van der Waals surface area contributed by atoms with Gasteiger partial charge in [0.2, 0.25) is 5.79 Å². The quantitative estimate of drug-likeness (QED) is 0.307. The maximum absolute atomic E-state index is 10.5. The Hall–Kier alpha value is -0.810. The molecule has 5 heteroatoms. The first-order valence-corrected chi connectivity index (χ1v) is 6.03. The average Bonchev–Trinajstić information content (AvgIpc) is 2.23. The van der Waals surface area contributed by atoms with Crippen LogP contribution in [-0.2, 0) is 14.5 Å². The van der Waals surface area contributed by atoms with Gasteiger partial charge in [-0.3, -0.25) is 0 Å². The summed E-state index contributed by atoms with van der Waals surface area (Å²) in [5.41, 5.74) is -0.450. The molecule has 0 aromatic rings. The largest absolute Gasteiger partial charge is 0.508 e. The number of unbranched alkanes of at least 4 members (excludes halogenated alkanes) is 1. The fourth-order valence-electron chi connectivity index (χ4n) is 1.18. The van der Waals surface area contributed by atoms with Crippen molar-refractivity contribution in [3.8, 4) is 0 Å². The van der Waals surface area contributed by atoms with E-state index in [9.17, 15) is 4.79 Å². The topological polar surface area (TPSA) is 65.0 Å². The molecule has 0 aromatic carbocycles. The van der Waals surface area contributed by atoms with Crippen LogP contribution in [0.1, 0.15) is 60.3 Å². The summed E-state index contributed by atoms with van der Waals surface area (Å²) in [5.74, 6) is -1.25. The molecule has 0 aliphatic carbocycles. The van der Waals surface area contributed by atoms with E-state index in [1.807, 2.05) is 13.8 Å². The van der Waals surface area contributed by atoms with Crippen molar-refractivity contribution >= 4 is 6.16 Å². The Kier molecular flexibility index (Phi) is 6.49. The van der Waals surface area contributed by atoms with Gasteiger partial charge in [-0.25, -0.2) is 9.68 Å². The second-order valence-corrected chi connectivity index (χ2v) is 4.89. The van der Waals surface area contributed by atoms with Gasteiger partial charge in [-0.1, -0.05) is 26.7 Å². The maximum atomic E-state index is 10.5. The number of hydrogen-bond acceptors (Lipinski definition) is 4. The molecule has 102 valence electrons. The highest BCUT2D eigenvalue weighted by Crippen LogP contribution is 2.24. The summed E-state index contributed by atoms with van der Waals surface area (Å²) in [6.07, 6.45) is 1.95. The van der Waals surface area contributed by atoms with E-state index < -0.39 is 17.5 Å². The zero-order valence-corrected chi connectivity index (χ0v) is 11.4. The van der Waals surface area contributed by atoms with Gasteiger partial charge in [-0.15, -0.1) is 0 Å². The SMILES string of the molecule is CCCCC(C)(C)OOC(C)(CC)OC(=O)O. The highest BCUT2D eigenvalue weighted by Gasteiger charge is 2.32. The molecule has 0 radical (unpaired) electrons. The Balaban J connectivity index is 4.25. The molecule has 0 aromatic heterocycles. The zero-order valence-electron chi connectivity index (χ0n) is 11.4. The van der Waals surface area contributed by atoms with E-state index in [1.54, 1.807) is 6.92 Å². The Labute approximate surface area is 103 Å². The maximum Gasteiger partial charge on any atom is 0.508 e. The number of carboxylic acid groups (broad SMARTS) is 1. The van der Waals surface area contributed by atoms with Gasteiger partial charge in [0.15, 0.2) is 0 Å². The average molecular weight is 248 g/mol. The van der Waals surface area contributed by atoms with Gasteiger partial charge in [-0.05, 0) is 20.3 Å². The third kappa shape index (κ3) is 7.18. The molecule has 1 atom stereocenters. The Bertz CT molecular complexity index is 239. The van der Waals surface area contributed by atoms with Crippen molar-refractivity contribution in [2.24, 2.45) is 0 Å². The minimum absolute atomic E-state index is 0.378. The van der Waals surface area contributed by atoms with Crippen molar-refractivity contribution in [3.05, 3.63) is 0 Å². The van der Waals surface area contributed by atoms with E-state index in [1.165, 1.54) is 6.92 Å². The predicted molar refractivity (Wildman–Crippen MR) is 63.6 cm³/mol. The van der Waals surface area contributed by atoms with Gasteiger partial charge in [0.1, 0.15) is 0 Å². The van der Waals surface area contributed by atoms with Crippen LogP contribution in [0.3, 0.4) is 0 Å². The fraction of sp³-hybridized carbons (Fsp3) is 0.917. The smallest absolute Gasteiger partial charge is 0.450 e. The Morgan fingerprint density at radius 3 is 2.18 bits per heavy atom. The summed E-state index contributed by atoms with van der Waals surface area (Å²) in [6.45, 7) is 9.21. The highest BCUT2D eigenvalue weighted by molar-refractivity contribution is 5.57. The van der Waals surface area contributed by atoms with Gasteiger partial charge in [0.05, 0.1) is 5.60 Å². The molecule has 5 nitrogen and oxygen atoms in total. The van der Waals surface area contributed by atoms with Gasteiger partial charge in [0, 0.05) is 13.3 Å². The van der Waals surface area contributed by atoms with Crippen LogP contribution >= 0.6 is 0 Å². The third-order valence-electron chi connectivity index (χ3n) is 2.52. The number of hydrogen-bond donors (Lipinski definition) is 1. The Morgan fingerprint density at radius 1 is 1.18 bits per heavy atom. The number of ether oxygens (including phenoxy) is 1.